The quantitative estimate of drug-likeness (QED) is 0.506. The van der Waals surface area contributed by atoms with Crippen molar-refractivity contribution >= 4 is 29.7 Å². The number of nitrogens with one attached hydrogen (secondary N) is 1. The van der Waals surface area contributed by atoms with Crippen LogP contribution in [-0.4, -0.2) is 46.3 Å². The number of rotatable bonds is 11. The van der Waals surface area contributed by atoms with Gasteiger partial charge in [-0.3, -0.25) is 9.69 Å². The van der Waals surface area contributed by atoms with Gasteiger partial charge in [-0.25, -0.2) is 9.59 Å². The normalized spacial score (nSPS) is 11.8. The number of nitrogens with zero attached hydrogens (tertiary/aromatic N) is 1. The summed E-state index contributed by atoms with van der Waals surface area (Å²) in [6.45, 7) is 6.29. The van der Waals surface area contributed by atoms with Crippen LogP contribution >= 0.6 is 11.8 Å². The number of carboxylic acids is 1. The molecule has 0 saturated carbocycles. The van der Waals surface area contributed by atoms with E-state index in [1.165, 1.54) is 11.8 Å². The average Bonchev–Trinajstić information content (AvgIpc) is 2.76. The SMILES string of the molecule is CCCN(C(=O)N[C@@H](CSCc1ccccc1)C(=O)O)C(=O)c1cccc(CC(C)C)c1. The van der Waals surface area contributed by atoms with E-state index >= 15 is 0 Å². The molecular weight excluding hydrogens is 424 g/mol. The molecule has 0 bridgehead atoms. The lowest BCUT2D eigenvalue weighted by Crippen LogP contribution is -2.51. The number of aliphatic carboxylic acids is 1. The van der Waals surface area contributed by atoms with Gasteiger partial charge in [-0.15, -0.1) is 0 Å². The first kappa shape index (κ1) is 25.5. The lowest BCUT2D eigenvalue weighted by Gasteiger charge is -2.23. The predicted molar refractivity (Wildman–Crippen MR) is 129 cm³/mol. The molecular formula is C25H32N2O4S. The number of hydrogen-bond acceptors (Lipinski definition) is 4. The molecule has 7 heteroatoms. The Morgan fingerprint density at radius 1 is 1.03 bits per heavy atom. The number of carboxylic acid groups (broad SMARTS) is 1. The maximum Gasteiger partial charge on any atom is 0.327 e. The van der Waals surface area contributed by atoms with Gasteiger partial charge in [-0.2, -0.15) is 11.8 Å². The highest BCUT2D eigenvalue weighted by molar-refractivity contribution is 7.98. The van der Waals surface area contributed by atoms with Crippen molar-refractivity contribution in [3.8, 4) is 0 Å². The molecule has 172 valence electrons. The number of urea groups is 1. The highest BCUT2D eigenvalue weighted by Gasteiger charge is 2.27. The highest BCUT2D eigenvalue weighted by atomic mass is 32.2. The van der Waals surface area contributed by atoms with Crippen LogP contribution in [0.4, 0.5) is 4.79 Å². The number of hydrogen-bond donors (Lipinski definition) is 2. The van der Waals surface area contributed by atoms with Crippen LogP contribution < -0.4 is 5.32 Å². The fraction of sp³-hybridized carbons (Fsp3) is 0.400. The Bertz CT molecular complexity index is 902. The summed E-state index contributed by atoms with van der Waals surface area (Å²) < 4.78 is 0. The van der Waals surface area contributed by atoms with E-state index in [1.54, 1.807) is 6.07 Å². The topological polar surface area (TPSA) is 86.7 Å². The summed E-state index contributed by atoms with van der Waals surface area (Å²) in [6.07, 6.45) is 1.41. The summed E-state index contributed by atoms with van der Waals surface area (Å²) in [5.41, 5.74) is 2.54. The summed E-state index contributed by atoms with van der Waals surface area (Å²) in [7, 11) is 0. The number of benzene rings is 2. The second-order valence-corrected chi connectivity index (χ2v) is 9.13. The Labute approximate surface area is 194 Å². The zero-order chi connectivity index (χ0) is 23.5. The summed E-state index contributed by atoms with van der Waals surface area (Å²) in [5, 5.41) is 12.1. The second-order valence-electron chi connectivity index (χ2n) is 8.10. The van der Waals surface area contributed by atoms with Crippen molar-refractivity contribution in [2.45, 2.75) is 45.4 Å². The molecule has 3 amide bonds. The van der Waals surface area contributed by atoms with E-state index in [4.69, 9.17) is 0 Å². The smallest absolute Gasteiger partial charge is 0.327 e. The molecule has 2 aromatic rings. The molecule has 1 atom stereocenters. The molecule has 0 fully saturated rings. The van der Waals surface area contributed by atoms with Crippen LogP contribution in [0.15, 0.2) is 54.6 Å². The van der Waals surface area contributed by atoms with E-state index in [0.29, 0.717) is 23.7 Å². The molecule has 6 nitrogen and oxygen atoms in total. The van der Waals surface area contributed by atoms with Crippen LogP contribution in [-0.2, 0) is 17.0 Å². The van der Waals surface area contributed by atoms with Gasteiger partial charge in [0, 0.05) is 23.6 Å². The molecule has 0 saturated heterocycles. The van der Waals surface area contributed by atoms with Crippen LogP contribution in [0, 0.1) is 5.92 Å². The van der Waals surface area contributed by atoms with Crippen molar-refractivity contribution in [1.82, 2.24) is 10.2 Å². The maximum absolute atomic E-state index is 13.1. The third-order valence-corrected chi connectivity index (χ3v) is 5.85. The fourth-order valence-electron chi connectivity index (χ4n) is 3.25. The third kappa shape index (κ3) is 8.04. The number of carbonyl (C=O) groups excluding carboxylic acids is 2. The van der Waals surface area contributed by atoms with Crippen LogP contribution in [0.25, 0.3) is 0 Å². The van der Waals surface area contributed by atoms with Gasteiger partial charge in [0.2, 0.25) is 0 Å². The van der Waals surface area contributed by atoms with Crippen molar-refractivity contribution in [3.63, 3.8) is 0 Å². The van der Waals surface area contributed by atoms with Crippen molar-refractivity contribution in [1.29, 1.82) is 0 Å². The summed E-state index contributed by atoms with van der Waals surface area (Å²) in [6, 6.07) is 15.2. The Balaban J connectivity index is 2.06. The van der Waals surface area contributed by atoms with E-state index < -0.39 is 23.9 Å². The molecule has 2 N–H and O–H groups in total. The number of amides is 3. The summed E-state index contributed by atoms with van der Waals surface area (Å²) in [5.74, 6) is -0.257. The molecule has 32 heavy (non-hydrogen) atoms. The van der Waals surface area contributed by atoms with Crippen LogP contribution in [0.5, 0.6) is 0 Å². The third-order valence-electron chi connectivity index (χ3n) is 4.75. The minimum absolute atomic E-state index is 0.202. The van der Waals surface area contributed by atoms with Gasteiger partial charge < -0.3 is 10.4 Å². The van der Waals surface area contributed by atoms with Crippen molar-refractivity contribution in [2.24, 2.45) is 5.92 Å². The van der Waals surface area contributed by atoms with Gasteiger partial charge in [0.05, 0.1) is 0 Å². The van der Waals surface area contributed by atoms with Crippen molar-refractivity contribution in [3.05, 3.63) is 71.3 Å². The zero-order valence-corrected chi connectivity index (χ0v) is 19.7. The first-order valence-electron chi connectivity index (χ1n) is 10.9. The van der Waals surface area contributed by atoms with E-state index in [-0.39, 0.29) is 12.3 Å². The number of imide groups is 1. The van der Waals surface area contributed by atoms with Crippen LogP contribution in [0.2, 0.25) is 0 Å². The fourth-order valence-corrected chi connectivity index (χ4v) is 4.26. The molecule has 0 aliphatic carbocycles. The van der Waals surface area contributed by atoms with Gasteiger partial charge in [-0.1, -0.05) is 63.2 Å². The van der Waals surface area contributed by atoms with E-state index in [2.05, 4.69) is 19.2 Å². The van der Waals surface area contributed by atoms with Gasteiger partial charge in [0.25, 0.3) is 5.91 Å². The molecule has 0 heterocycles. The monoisotopic (exact) mass is 456 g/mol. The summed E-state index contributed by atoms with van der Waals surface area (Å²) in [4.78, 5) is 38.8. The highest BCUT2D eigenvalue weighted by Crippen LogP contribution is 2.15. The van der Waals surface area contributed by atoms with E-state index in [1.807, 2.05) is 55.5 Å². The minimum atomic E-state index is -1.12. The van der Waals surface area contributed by atoms with Crippen molar-refractivity contribution in [2.75, 3.05) is 12.3 Å². The first-order valence-corrected chi connectivity index (χ1v) is 12.0. The molecule has 0 spiro atoms. The van der Waals surface area contributed by atoms with Gasteiger partial charge >= 0.3 is 12.0 Å². The van der Waals surface area contributed by atoms with Gasteiger partial charge in [0.15, 0.2) is 0 Å². The Kier molecular flexibility index (Phi) is 10.3. The largest absolute Gasteiger partial charge is 0.480 e. The minimum Gasteiger partial charge on any atom is -0.480 e. The molecule has 0 aromatic heterocycles. The Hall–Kier alpha value is -2.80. The molecule has 0 unspecified atom stereocenters. The van der Waals surface area contributed by atoms with E-state index in [0.717, 1.165) is 22.4 Å². The van der Waals surface area contributed by atoms with Gasteiger partial charge in [-0.05, 0) is 42.0 Å². The molecule has 2 aromatic carbocycles. The lowest BCUT2D eigenvalue weighted by molar-refractivity contribution is -0.138. The lowest BCUT2D eigenvalue weighted by atomic mass is 10.0. The molecule has 0 aliphatic rings. The maximum atomic E-state index is 13.1. The molecule has 0 aliphatic heterocycles. The van der Waals surface area contributed by atoms with Crippen LogP contribution in [0.1, 0.15) is 48.7 Å². The van der Waals surface area contributed by atoms with E-state index in [9.17, 15) is 19.5 Å². The summed E-state index contributed by atoms with van der Waals surface area (Å²) >= 11 is 1.42. The zero-order valence-electron chi connectivity index (χ0n) is 18.9. The first-order chi connectivity index (χ1) is 15.3. The second kappa shape index (κ2) is 12.9. The van der Waals surface area contributed by atoms with Gasteiger partial charge in [0.1, 0.15) is 6.04 Å². The van der Waals surface area contributed by atoms with Crippen LogP contribution in [0.3, 0.4) is 0 Å². The van der Waals surface area contributed by atoms with Crippen molar-refractivity contribution < 1.29 is 19.5 Å². The number of thioether (sulfide) groups is 1. The standard InChI is InChI=1S/C25H32N2O4S/c1-4-13-27(23(28)21-12-8-11-20(15-21)14-18(2)3)25(31)26-22(24(29)30)17-32-16-19-9-6-5-7-10-19/h5-12,15,18,22H,4,13-14,16-17H2,1-3H3,(H,26,31)(H,29,30)/t22-/m0/s1. The number of carbonyl (C=O) groups is 3. The molecule has 2 rings (SSSR count). The molecule has 0 radical (unpaired) electrons. The predicted octanol–water partition coefficient (Wildman–Crippen LogP) is 4.83. The Morgan fingerprint density at radius 2 is 1.72 bits per heavy atom. The Morgan fingerprint density at radius 3 is 2.34 bits per heavy atom. The average molecular weight is 457 g/mol.